The van der Waals surface area contributed by atoms with Gasteiger partial charge in [0, 0.05) is 42.8 Å². The Kier molecular flexibility index (Phi) is 11.8. The van der Waals surface area contributed by atoms with Gasteiger partial charge in [-0.05, 0) is 30.0 Å². The molecule has 4 nitrogen and oxygen atoms in total. The van der Waals surface area contributed by atoms with E-state index in [1.54, 1.807) is 6.07 Å². The Bertz CT molecular complexity index is 685. The zero-order chi connectivity index (χ0) is 21.5. The Balaban J connectivity index is 3.74. The molecule has 0 fully saturated rings. The second kappa shape index (κ2) is 12.2. The fourth-order valence-corrected chi connectivity index (χ4v) is 9.52. The molecule has 0 aliphatic carbocycles. The fourth-order valence-electron chi connectivity index (χ4n) is 2.76. The van der Waals surface area contributed by atoms with Crippen molar-refractivity contribution >= 4 is 108 Å². The van der Waals surface area contributed by atoms with Crippen LogP contribution in [0, 0.1) is 10.8 Å². The van der Waals surface area contributed by atoms with Crippen LogP contribution >= 0.6 is 95.6 Å². The van der Waals surface area contributed by atoms with Gasteiger partial charge in [-0.15, -0.1) is 0 Å². The zero-order valence-corrected chi connectivity index (χ0v) is 24.3. The van der Waals surface area contributed by atoms with Crippen molar-refractivity contribution in [1.82, 2.24) is 0 Å². The number of carbonyl (C=O) groups is 2. The van der Waals surface area contributed by atoms with E-state index in [1.807, 2.05) is 0 Å². The van der Waals surface area contributed by atoms with Gasteiger partial charge in [0.1, 0.15) is 0 Å². The Morgan fingerprint density at radius 2 is 1.14 bits per heavy atom. The number of halogens is 6. The molecule has 0 aromatic heterocycles. The lowest BCUT2D eigenvalue weighted by atomic mass is 9.78. The topological polar surface area (TPSA) is 74.6 Å². The van der Waals surface area contributed by atoms with E-state index in [1.165, 1.54) is 6.07 Å². The van der Waals surface area contributed by atoms with Gasteiger partial charge in [0.25, 0.3) is 0 Å². The highest BCUT2D eigenvalue weighted by Gasteiger charge is 2.35. The van der Waals surface area contributed by atoms with Crippen LogP contribution in [0.5, 0.6) is 0 Å². The van der Waals surface area contributed by atoms with E-state index in [4.69, 9.17) is 0 Å². The quantitative estimate of drug-likeness (QED) is 0.238. The highest BCUT2D eigenvalue weighted by Crippen LogP contribution is 2.37. The monoisotopic (exact) mass is 774 g/mol. The SMILES string of the molecule is O=C(O)c1ccc(CC(CBr)(CBr)CBr)c(CC(CBr)(CBr)CBr)c1C(=O)O. The van der Waals surface area contributed by atoms with Crippen molar-refractivity contribution in [3.8, 4) is 0 Å². The van der Waals surface area contributed by atoms with Crippen LogP contribution in [-0.2, 0) is 12.8 Å². The summed E-state index contributed by atoms with van der Waals surface area (Å²) in [7, 11) is 0. The molecule has 0 saturated heterocycles. The van der Waals surface area contributed by atoms with Gasteiger partial charge in [0.05, 0.1) is 11.1 Å². The molecule has 2 N–H and O–H groups in total. The van der Waals surface area contributed by atoms with Crippen LogP contribution in [0.1, 0.15) is 31.8 Å². The second-order valence-electron chi connectivity index (χ2n) is 6.89. The lowest BCUT2D eigenvalue weighted by molar-refractivity contribution is 0.0650. The van der Waals surface area contributed by atoms with Gasteiger partial charge in [-0.1, -0.05) is 102 Å². The summed E-state index contributed by atoms with van der Waals surface area (Å²) in [5.74, 6) is -2.45. The van der Waals surface area contributed by atoms with Gasteiger partial charge in [0.2, 0.25) is 0 Å². The summed E-state index contributed by atoms with van der Waals surface area (Å²) in [6.45, 7) is 0. The number of hydrogen-bond donors (Lipinski definition) is 2. The molecule has 1 aromatic rings. The summed E-state index contributed by atoms with van der Waals surface area (Å²) >= 11 is 21.3. The third-order valence-electron chi connectivity index (χ3n) is 4.67. The molecule has 0 bridgehead atoms. The van der Waals surface area contributed by atoms with Crippen LogP contribution in [0.4, 0.5) is 0 Å². The van der Waals surface area contributed by atoms with Crippen molar-refractivity contribution in [2.75, 3.05) is 32.0 Å². The van der Waals surface area contributed by atoms with Crippen molar-refractivity contribution in [3.05, 3.63) is 34.4 Å². The van der Waals surface area contributed by atoms with E-state index in [0.29, 0.717) is 50.4 Å². The van der Waals surface area contributed by atoms with Crippen molar-refractivity contribution < 1.29 is 19.8 Å². The molecule has 0 saturated carbocycles. The highest BCUT2D eigenvalue weighted by molar-refractivity contribution is 9.10. The van der Waals surface area contributed by atoms with E-state index >= 15 is 0 Å². The molecule has 0 aliphatic heterocycles. The first-order valence-electron chi connectivity index (χ1n) is 8.16. The lowest BCUT2D eigenvalue weighted by Gasteiger charge is -2.33. The second-order valence-corrected chi connectivity index (χ2v) is 10.3. The fraction of sp³-hybridized carbons (Fsp3) is 0.556. The van der Waals surface area contributed by atoms with Gasteiger partial charge < -0.3 is 10.2 Å². The van der Waals surface area contributed by atoms with Crippen molar-refractivity contribution in [2.24, 2.45) is 10.8 Å². The van der Waals surface area contributed by atoms with Crippen LogP contribution in [0.15, 0.2) is 12.1 Å². The molecule has 0 atom stereocenters. The molecule has 0 radical (unpaired) electrons. The first-order chi connectivity index (χ1) is 13.2. The highest BCUT2D eigenvalue weighted by atomic mass is 79.9. The van der Waals surface area contributed by atoms with Crippen LogP contribution in [0.25, 0.3) is 0 Å². The van der Waals surface area contributed by atoms with Gasteiger partial charge in [-0.2, -0.15) is 0 Å². The Morgan fingerprint density at radius 3 is 1.50 bits per heavy atom. The largest absolute Gasteiger partial charge is 0.478 e. The lowest BCUT2D eigenvalue weighted by Crippen LogP contribution is -2.34. The molecule has 0 unspecified atom stereocenters. The molecule has 0 spiro atoms. The molecule has 0 amide bonds. The number of carboxylic acid groups (broad SMARTS) is 2. The third-order valence-corrected chi connectivity index (χ3v) is 11.8. The molecule has 0 heterocycles. The summed E-state index contributed by atoms with van der Waals surface area (Å²) in [5, 5.41) is 23.5. The van der Waals surface area contributed by atoms with E-state index < -0.39 is 11.9 Å². The number of aromatic carboxylic acids is 2. The summed E-state index contributed by atoms with van der Waals surface area (Å²) in [4.78, 5) is 23.8. The molecular weight excluding hydrogens is 760 g/mol. The summed E-state index contributed by atoms with van der Waals surface area (Å²) in [6, 6.07) is 3.17. The summed E-state index contributed by atoms with van der Waals surface area (Å²) < 4.78 is 0. The molecular formula is C18H20Br6O4. The van der Waals surface area contributed by atoms with Crippen LogP contribution in [0.2, 0.25) is 0 Å². The molecule has 28 heavy (non-hydrogen) atoms. The summed E-state index contributed by atoms with van der Waals surface area (Å²) in [5.41, 5.74) is 0.669. The molecule has 0 aliphatic rings. The normalized spacial score (nSPS) is 12.2. The smallest absolute Gasteiger partial charge is 0.336 e. The molecule has 10 heteroatoms. The van der Waals surface area contributed by atoms with Gasteiger partial charge in [0.15, 0.2) is 0 Å². The van der Waals surface area contributed by atoms with Crippen molar-refractivity contribution in [2.45, 2.75) is 12.8 Å². The predicted octanol–water partition coefficient (Wildman–Crippen LogP) is 6.51. The predicted molar refractivity (Wildman–Crippen MR) is 135 cm³/mol. The average molecular weight is 780 g/mol. The van der Waals surface area contributed by atoms with Crippen LogP contribution in [-0.4, -0.2) is 54.1 Å². The van der Waals surface area contributed by atoms with E-state index in [0.717, 1.165) is 5.56 Å². The first kappa shape index (κ1) is 27.1. The number of alkyl halides is 6. The van der Waals surface area contributed by atoms with Crippen LogP contribution in [0.3, 0.4) is 0 Å². The standard InChI is InChI=1S/C18H20Br6O4/c19-5-17(6-20,7-21)3-11-1-2-12(15(25)26)14(16(27)28)13(11)4-18(8-22,9-23)10-24/h1-2H,3-10H2,(H,25,26)(H,27,28). The number of carboxylic acids is 2. The number of hydrogen-bond acceptors (Lipinski definition) is 2. The Hall–Kier alpha value is 1.04. The van der Waals surface area contributed by atoms with Gasteiger partial charge in [-0.25, -0.2) is 9.59 Å². The minimum absolute atomic E-state index is 0.121. The number of benzene rings is 1. The zero-order valence-electron chi connectivity index (χ0n) is 14.8. The van der Waals surface area contributed by atoms with Crippen LogP contribution < -0.4 is 0 Å². The average Bonchev–Trinajstić information content (AvgIpc) is 2.70. The molecule has 158 valence electrons. The van der Waals surface area contributed by atoms with Gasteiger partial charge in [-0.3, -0.25) is 0 Å². The maximum atomic E-state index is 12.1. The Morgan fingerprint density at radius 1 is 0.714 bits per heavy atom. The van der Waals surface area contributed by atoms with Crippen molar-refractivity contribution in [1.29, 1.82) is 0 Å². The third kappa shape index (κ3) is 6.28. The molecule has 1 aromatic carbocycles. The Labute approximate surface area is 215 Å². The first-order valence-corrected chi connectivity index (χ1v) is 14.9. The van der Waals surface area contributed by atoms with Crippen molar-refractivity contribution in [3.63, 3.8) is 0 Å². The maximum absolute atomic E-state index is 12.1. The van der Waals surface area contributed by atoms with E-state index in [-0.39, 0.29) is 22.0 Å². The molecule has 1 rings (SSSR count). The number of rotatable bonds is 12. The summed E-state index contributed by atoms with van der Waals surface area (Å²) in [6.07, 6.45) is 1.03. The van der Waals surface area contributed by atoms with E-state index in [2.05, 4.69) is 95.6 Å². The minimum Gasteiger partial charge on any atom is -0.478 e. The minimum atomic E-state index is -1.24. The van der Waals surface area contributed by atoms with Gasteiger partial charge >= 0.3 is 11.9 Å². The maximum Gasteiger partial charge on any atom is 0.336 e. The van der Waals surface area contributed by atoms with E-state index in [9.17, 15) is 19.8 Å².